The SMILES string of the molecule is COc1ccc(-c2n[nH]c(CC(C)C)c2NC(=O)c2cc(F)cc(F)c2)cc1. The molecule has 2 aromatic carbocycles. The van der Waals surface area contributed by atoms with Crippen LogP contribution in [0.5, 0.6) is 5.75 Å². The molecule has 3 rings (SSSR count). The van der Waals surface area contributed by atoms with E-state index in [2.05, 4.69) is 15.5 Å². The minimum Gasteiger partial charge on any atom is -0.497 e. The Balaban J connectivity index is 1.98. The maximum atomic E-state index is 13.5. The fraction of sp³-hybridized carbons (Fsp3) is 0.238. The number of H-pyrrole nitrogens is 1. The summed E-state index contributed by atoms with van der Waals surface area (Å²) in [6, 6.07) is 9.94. The predicted octanol–water partition coefficient (Wildman–Crippen LogP) is 4.81. The second-order valence-corrected chi connectivity index (χ2v) is 6.86. The van der Waals surface area contributed by atoms with Gasteiger partial charge >= 0.3 is 0 Å². The fourth-order valence-electron chi connectivity index (χ4n) is 2.90. The highest BCUT2D eigenvalue weighted by molar-refractivity contribution is 6.06. The summed E-state index contributed by atoms with van der Waals surface area (Å²) >= 11 is 0. The predicted molar refractivity (Wildman–Crippen MR) is 103 cm³/mol. The van der Waals surface area contributed by atoms with Gasteiger partial charge in [-0.3, -0.25) is 9.89 Å². The first-order valence-electron chi connectivity index (χ1n) is 8.86. The van der Waals surface area contributed by atoms with E-state index in [9.17, 15) is 13.6 Å². The number of carbonyl (C=O) groups is 1. The Kier molecular flexibility index (Phi) is 5.73. The van der Waals surface area contributed by atoms with E-state index >= 15 is 0 Å². The highest BCUT2D eigenvalue weighted by Gasteiger charge is 2.19. The number of aromatic nitrogens is 2. The molecule has 0 bridgehead atoms. The van der Waals surface area contributed by atoms with Crippen molar-refractivity contribution in [2.45, 2.75) is 20.3 Å². The van der Waals surface area contributed by atoms with Crippen molar-refractivity contribution >= 4 is 11.6 Å². The van der Waals surface area contributed by atoms with Gasteiger partial charge in [0.15, 0.2) is 0 Å². The monoisotopic (exact) mass is 385 g/mol. The van der Waals surface area contributed by atoms with E-state index in [4.69, 9.17) is 4.74 Å². The molecule has 146 valence electrons. The lowest BCUT2D eigenvalue weighted by atomic mass is 10.0. The van der Waals surface area contributed by atoms with Gasteiger partial charge in [-0.15, -0.1) is 0 Å². The molecule has 0 aliphatic heterocycles. The Morgan fingerprint density at radius 1 is 1.14 bits per heavy atom. The molecule has 1 aromatic heterocycles. The Labute approximate surface area is 161 Å². The number of ether oxygens (including phenoxy) is 1. The topological polar surface area (TPSA) is 67.0 Å². The molecule has 0 radical (unpaired) electrons. The number of hydrogen-bond donors (Lipinski definition) is 2. The van der Waals surface area contributed by atoms with Gasteiger partial charge in [0.2, 0.25) is 0 Å². The highest BCUT2D eigenvalue weighted by Crippen LogP contribution is 2.31. The molecule has 0 spiro atoms. The van der Waals surface area contributed by atoms with Crippen LogP contribution in [0.2, 0.25) is 0 Å². The van der Waals surface area contributed by atoms with Crippen LogP contribution < -0.4 is 10.1 Å². The maximum absolute atomic E-state index is 13.5. The van der Waals surface area contributed by atoms with Crippen LogP contribution in [-0.2, 0) is 6.42 Å². The molecular weight excluding hydrogens is 364 g/mol. The zero-order valence-electron chi connectivity index (χ0n) is 15.8. The summed E-state index contributed by atoms with van der Waals surface area (Å²) in [7, 11) is 1.58. The molecule has 28 heavy (non-hydrogen) atoms. The first kappa shape index (κ1) is 19.5. The fourth-order valence-corrected chi connectivity index (χ4v) is 2.90. The number of halogens is 2. The van der Waals surface area contributed by atoms with Crippen molar-refractivity contribution in [2.24, 2.45) is 5.92 Å². The van der Waals surface area contributed by atoms with Crippen LogP contribution in [-0.4, -0.2) is 23.2 Å². The van der Waals surface area contributed by atoms with Crippen LogP contribution >= 0.6 is 0 Å². The summed E-state index contributed by atoms with van der Waals surface area (Å²) in [6.07, 6.45) is 0.649. The number of anilines is 1. The van der Waals surface area contributed by atoms with E-state index in [1.807, 2.05) is 26.0 Å². The molecule has 2 N–H and O–H groups in total. The Bertz CT molecular complexity index is 962. The summed E-state index contributed by atoms with van der Waals surface area (Å²) in [5.41, 5.74) is 2.45. The second kappa shape index (κ2) is 8.21. The minimum absolute atomic E-state index is 0.102. The molecule has 0 fully saturated rings. The largest absolute Gasteiger partial charge is 0.497 e. The van der Waals surface area contributed by atoms with Crippen LogP contribution in [0.25, 0.3) is 11.3 Å². The van der Waals surface area contributed by atoms with Gasteiger partial charge in [0.05, 0.1) is 18.5 Å². The number of methoxy groups -OCH3 is 1. The summed E-state index contributed by atoms with van der Waals surface area (Å²) in [5, 5.41) is 10.1. The molecule has 5 nitrogen and oxygen atoms in total. The van der Waals surface area contributed by atoms with Crippen LogP contribution in [0.4, 0.5) is 14.5 Å². The summed E-state index contributed by atoms with van der Waals surface area (Å²) in [5.74, 6) is -1.22. The molecular formula is C21H21F2N3O2. The number of hydrogen-bond acceptors (Lipinski definition) is 3. The smallest absolute Gasteiger partial charge is 0.255 e. The van der Waals surface area contributed by atoms with E-state index in [1.54, 1.807) is 19.2 Å². The Hall–Kier alpha value is -3.22. The van der Waals surface area contributed by atoms with Crippen molar-refractivity contribution in [2.75, 3.05) is 12.4 Å². The van der Waals surface area contributed by atoms with E-state index in [1.165, 1.54) is 0 Å². The van der Waals surface area contributed by atoms with Crippen molar-refractivity contribution in [1.82, 2.24) is 10.2 Å². The lowest BCUT2D eigenvalue weighted by Crippen LogP contribution is -2.14. The lowest BCUT2D eigenvalue weighted by molar-refractivity contribution is 0.102. The van der Waals surface area contributed by atoms with Crippen molar-refractivity contribution in [3.63, 3.8) is 0 Å². The van der Waals surface area contributed by atoms with Gasteiger partial charge in [-0.05, 0) is 48.7 Å². The molecule has 0 atom stereocenters. The van der Waals surface area contributed by atoms with Crippen LogP contribution in [0.3, 0.4) is 0 Å². The third kappa shape index (κ3) is 4.36. The normalized spacial score (nSPS) is 10.9. The minimum atomic E-state index is -0.810. The molecule has 1 heterocycles. The van der Waals surface area contributed by atoms with Crippen molar-refractivity contribution in [3.05, 3.63) is 65.4 Å². The average Bonchev–Trinajstić information content (AvgIpc) is 3.02. The first-order chi connectivity index (χ1) is 13.4. The molecule has 0 aliphatic rings. The van der Waals surface area contributed by atoms with Gasteiger partial charge in [-0.1, -0.05) is 13.8 Å². The Morgan fingerprint density at radius 3 is 2.36 bits per heavy atom. The molecule has 0 saturated heterocycles. The van der Waals surface area contributed by atoms with Crippen molar-refractivity contribution in [3.8, 4) is 17.0 Å². The standard InChI is InChI=1S/C21H21F2N3O2/c1-12(2)8-18-20(24-21(27)14-9-15(22)11-16(23)10-14)19(26-25-18)13-4-6-17(28-3)7-5-13/h4-7,9-12H,8H2,1-3H3,(H,24,27)(H,25,26). The highest BCUT2D eigenvalue weighted by atomic mass is 19.1. The summed E-state index contributed by atoms with van der Waals surface area (Å²) < 4.78 is 32.1. The van der Waals surface area contributed by atoms with Gasteiger partial charge in [0.1, 0.15) is 23.1 Å². The number of benzene rings is 2. The van der Waals surface area contributed by atoms with Gasteiger partial charge < -0.3 is 10.1 Å². The van der Waals surface area contributed by atoms with E-state index < -0.39 is 17.5 Å². The zero-order chi connectivity index (χ0) is 20.3. The lowest BCUT2D eigenvalue weighted by Gasteiger charge is -2.11. The van der Waals surface area contributed by atoms with Crippen LogP contribution in [0.15, 0.2) is 42.5 Å². The zero-order valence-corrected chi connectivity index (χ0v) is 15.8. The van der Waals surface area contributed by atoms with Gasteiger partial charge in [-0.2, -0.15) is 5.10 Å². The molecule has 7 heteroatoms. The number of nitrogens with zero attached hydrogens (tertiary/aromatic N) is 1. The number of amides is 1. The summed E-state index contributed by atoms with van der Waals surface area (Å²) in [6.45, 7) is 4.09. The molecule has 3 aromatic rings. The first-order valence-corrected chi connectivity index (χ1v) is 8.86. The number of nitrogens with one attached hydrogen (secondary N) is 2. The van der Waals surface area contributed by atoms with E-state index in [0.717, 1.165) is 29.5 Å². The van der Waals surface area contributed by atoms with Crippen molar-refractivity contribution < 1.29 is 18.3 Å². The van der Waals surface area contributed by atoms with Gasteiger partial charge in [0, 0.05) is 17.2 Å². The molecule has 1 amide bonds. The second-order valence-electron chi connectivity index (χ2n) is 6.86. The third-order valence-corrected chi connectivity index (χ3v) is 4.18. The molecule has 0 saturated carbocycles. The summed E-state index contributed by atoms with van der Waals surface area (Å²) in [4.78, 5) is 12.6. The number of aromatic amines is 1. The number of rotatable bonds is 6. The quantitative estimate of drug-likeness (QED) is 0.640. The van der Waals surface area contributed by atoms with E-state index in [0.29, 0.717) is 29.5 Å². The molecule has 0 unspecified atom stereocenters. The average molecular weight is 385 g/mol. The van der Waals surface area contributed by atoms with Crippen LogP contribution in [0.1, 0.15) is 29.9 Å². The van der Waals surface area contributed by atoms with Gasteiger partial charge in [0.25, 0.3) is 5.91 Å². The maximum Gasteiger partial charge on any atom is 0.255 e. The van der Waals surface area contributed by atoms with E-state index in [-0.39, 0.29) is 5.56 Å². The Morgan fingerprint density at radius 2 is 1.79 bits per heavy atom. The third-order valence-electron chi connectivity index (χ3n) is 4.18. The van der Waals surface area contributed by atoms with Crippen LogP contribution in [0, 0.1) is 17.6 Å². The van der Waals surface area contributed by atoms with Crippen molar-refractivity contribution in [1.29, 1.82) is 0 Å². The van der Waals surface area contributed by atoms with Gasteiger partial charge in [-0.25, -0.2) is 8.78 Å². The number of carbonyl (C=O) groups excluding carboxylic acids is 1. The molecule has 0 aliphatic carbocycles.